The fraction of sp³-hybridized carbons (Fsp3) is 0.600. The summed E-state index contributed by atoms with van der Waals surface area (Å²) in [7, 11) is 0. The Morgan fingerprint density at radius 2 is 2.20 bits per heavy atom. The van der Waals surface area contributed by atoms with Crippen molar-refractivity contribution in [1.29, 1.82) is 0 Å². The highest BCUT2D eigenvalue weighted by Gasteiger charge is 2.26. The van der Waals surface area contributed by atoms with Gasteiger partial charge in [-0.1, -0.05) is 0 Å². The second-order valence-electron chi connectivity index (χ2n) is 5.76. The summed E-state index contributed by atoms with van der Waals surface area (Å²) in [6.45, 7) is 1.05. The van der Waals surface area contributed by atoms with Crippen molar-refractivity contribution in [2.45, 2.75) is 50.5 Å². The largest absolute Gasteiger partial charge is 0.314 e. The molecule has 2 aromatic rings. The lowest BCUT2D eigenvalue weighted by Gasteiger charge is -2.19. The van der Waals surface area contributed by atoms with Crippen LogP contribution in [0.25, 0.3) is 0 Å². The van der Waals surface area contributed by atoms with E-state index in [2.05, 4.69) is 27.0 Å². The zero-order chi connectivity index (χ0) is 13.4. The van der Waals surface area contributed by atoms with E-state index >= 15 is 0 Å². The van der Waals surface area contributed by atoms with E-state index in [4.69, 9.17) is 0 Å². The van der Waals surface area contributed by atoms with E-state index in [-0.39, 0.29) is 0 Å². The quantitative estimate of drug-likeness (QED) is 0.920. The van der Waals surface area contributed by atoms with Gasteiger partial charge in [-0.2, -0.15) is 0 Å². The minimum atomic E-state index is 0.507. The summed E-state index contributed by atoms with van der Waals surface area (Å²) in [4.78, 5) is 1.56. The zero-order valence-corrected chi connectivity index (χ0v) is 13.1. The number of aryl methyl sites for hydroxylation is 1. The summed E-state index contributed by atoms with van der Waals surface area (Å²) in [5.41, 5.74) is 1.51. The Morgan fingerprint density at radius 1 is 1.25 bits per heavy atom. The fourth-order valence-corrected chi connectivity index (χ4v) is 4.91. The van der Waals surface area contributed by atoms with Crippen molar-refractivity contribution in [1.82, 2.24) is 15.5 Å². The summed E-state index contributed by atoms with van der Waals surface area (Å²) >= 11 is 3.72. The predicted molar refractivity (Wildman–Crippen MR) is 83.7 cm³/mol. The Kier molecular flexibility index (Phi) is 3.58. The molecule has 1 N–H and O–H groups in total. The van der Waals surface area contributed by atoms with Gasteiger partial charge in [0.2, 0.25) is 0 Å². The average molecular weight is 305 g/mol. The third kappa shape index (κ3) is 2.67. The molecule has 2 heterocycles. The molecule has 0 spiro atoms. The summed E-state index contributed by atoms with van der Waals surface area (Å²) in [6.07, 6.45) is 7.50. The highest BCUT2D eigenvalue weighted by Crippen LogP contribution is 2.40. The van der Waals surface area contributed by atoms with Crippen molar-refractivity contribution in [2.75, 3.05) is 6.54 Å². The summed E-state index contributed by atoms with van der Waals surface area (Å²) in [6, 6.07) is 3.08. The van der Waals surface area contributed by atoms with Gasteiger partial charge in [0.05, 0.1) is 0 Å². The first kappa shape index (κ1) is 12.9. The summed E-state index contributed by atoms with van der Waals surface area (Å²) < 4.78 is 0. The van der Waals surface area contributed by atoms with Gasteiger partial charge in [-0.15, -0.1) is 32.9 Å². The molecule has 5 heteroatoms. The first-order valence-corrected chi connectivity index (χ1v) is 9.21. The molecule has 1 unspecified atom stereocenters. The lowest BCUT2D eigenvalue weighted by Crippen LogP contribution is -2.19. The van der Waals surface area contributed by atoms with Crippen LogP contribution >= 0.6 is 22.7 Å². The Balaban J connectivity index is 1.45. The molecule has 1 saturated carbocycles. The topological polar surface area (TPSA) is 37.8 Å². The maximum Gasteiger partial charge on any atom is 0.124 e. The molecule has 0 amide bonds. The molecular weight excluding hydrogens is 286 g/mol. The average Bonchev–Trinajstić information content (AvgIpc) is 2.99. The maximum absolute atomic E-state index is 4.48. The summed E-state index contributed by atoms with van der Waals surface area (Å²) in [5, 5.41) is 17.1. The molecular formula is C15H19N3S2. The second kappa shape index (κ2) is 5.54. The van der Waals surface area contributed by atoms with Crippen LogP contribution in [0.2, 0.25) is 0 Å². The molecule has 4 rings (SSSR count). The highest BCUT2D eigenvalue weighted by molar-refractivity contribution is 7.11. The van der Waals surface area contributed by atoms with E-state index in [0.717, 1.165) is 19.0 Å². The van der Waals surface area contributed by atoms with Crippen LogP contribution in [0.1, 0.15) is 52.1 Å². The van der Waals surface area contributed by atoms with Gasteiger partial charge in [0.1, 0.15) is 10.0 Å². The van der Waals surface area contributed by atoms with E-state index in [1.54, 1.807) is 4.88 Å². The normalized spacial score (nSPS) is 21.9. The molecule has 0 bridgehead atoms. The van der Waals surface area contributed by atoms with Crippen LogP contribution in [0, 0.1) is 0 Å². The number of hydrogen-bond acceptors (Lipinski definition) is 5. The molecule has 2 aliphatic carbocycles. The molecule has 20 heavy (non-hydrogen) atoms. The van der Waals surface area contributed by atoms with Gasteiger partial charge in [-0.25, -0.2) is 0 Å². The molecule has 106 valence electrons. The number of nitrogens with zero attached hydrogens (tertiary/aromatic N) is 2. The smallest absolute Gasteiger partial charge is 0.124 e. The van der Waals surface area contributed by atoms with E-state index in [9.17, 15) is 0 Å². The van der Waals surface area contributed by atoms with E-state index in [0.29, 0.717) is 5.92 Å². The number of aromatic nitrogens is 2. The number of hydrogen-bond donors (Lipinski definition) is 1. The van der Waals surface area contributed by atoms with Crippen LogP contribution in [-0.4, -0.2) is 22.8 Å². The molecule has 0 aromatic carbocycles. The number of thiophene rings is 1. The van der Waals surface area contributed by atoms with E-state index < -0.39 is 0 Å². The molecule has 2 aromatic heterocycles. The Bertz CT molecular complexity index is 585. The SMILES string of the molecule is c1cc2c(s1)CCCC2c1nnc(CCNC2CC2)s1. The van der Waals surface area contributed by atoms with E-state index in [1.165, 1.54) is 47.7 Å². The molecule has 1 fully saturated rings. The van der Waals surface area contributed by atoms with Crippen molar-refractivity contribution in [3.05, 3.63) is 31.9 Å². The molecule has 2 aliphatic rings. The van der Waals surface area contributed by atoms with Crippen molar-refractivity contribution >= 4 is 22.7 Å². The van der Waals surface area contributed by atoms with Crippen molar-refractivity contribution < 1.29 is 0 Å². The highest BCUT2D eigenvalue weighted by atomic mass is 32.1. The molecule has 0 aliphatic heterocycles. The summed E-state index contributed by atoms with van der Waals surface area (Å²) in [5.74, 6) is 0.507. The third-order valence-corrected chi connectivity index (χ3v) is 6.27. The van der Waals surface area contributed by atoms with Crippen LogP contribution in [0.3, 0.4) is 0 Å². The first-order valence-electron chi connectivity index (χ1n) is 7.52. The van der Waals surface area contributed by atoms with Crippen LogP contribution < -0.4 is 5.32 Å². The van der Waals surface area contributed by atoms with Gasteiger partial charge in [0.25, 0.3) is 0 Å². The molecule has 0 saturated heterocycles. The molecule has 1 atom stereocenters. The fourth-order valence-electron chi connectivity index (χ4n) is 2.92. The standard InChI is InChI=1S/C15H19N3S2/c1-2-12(11-7-9-19-13(11)3-1)15-18-17-14(20-15)6-8-16-10-4-5-10/h7,9-10,12,16H,1-6,8H2. The first-order chi connectivity index (χ1) is 9.90. The van der Waals surface area contributed by atoms with Gasteiger partial charge in [-0.3, -0.25) is 0 Å². The van der Waals surface area contributed by atoms with Gasteiger partial charge < -0.3 is 5.32 Å². The molecule has 3 nitrogen and oxygen atoms in total. The predicted octanol–water partition coefficient (Wildman–Crippen LogP) is 3.36. The van der Waals surface area contributed by atoms with Gasteiger partial charge in [-0.05, 0) is 49.1 Å². The Hall–Kier alpha value is -0.780. The van der Waals surface area contributed by atoms with Crippen molar-refractivity contribution in [3.8, 4) is 0 Å². The van der Waals surface area contributed by atoms with Gasteiger partial charge >= 0.3 is 0 Å². The Morgan fingerprint density at radius 3 is 3.10 bits per heavy atom. The minimum absolute atomic E-state index is 0.507. The van der Waals surface area contributed by atoms with Gasteiger partial charge in [0.15, 0.2) is 0 Å². The van der Waals surface area contributed by atoms with E-state index in [1.807, 2.05) is 22.7 Å². The number of rotatable bonds is 5. The number of nitrogens with one attached hydrogen (secondary N) is 1. The van der Waals surface area contributed by atoms with Crippen molar-refractivity contribution in [3.63, 3.8) is 0 Å². The Labute approximate surface area is 127 Å². The maximum atomic E-state index is 4.48. The second-order valence-corrected chi connectivity index (χ2v) is 7.85. The zero-order valence-electron chi connectivity index (χ0n) is 11.5. The lowest BCUT2D eigenvalue weighted by molar-refractivity contribution is 0.617. The lowest BCUT2D eigenvalue weighted by atomic mass is 9.88. The monoisotopic (exact) mass is 305 g/mol. The van der Waals surface area contributed by atoms with Crippen LogP contribution in [0.4, 0.5) is 0 Å². The van der Waals surface area contributed by atoms with Crippen molar-refractivity contribution in [2.24, 2.45) is 0 Å². The number of fused-ring (bicyclic) bond motifs is 1. The minimum Gasteiger partial charge on any atom is -0.314 e. The molecule has 0 radical (unpaired) electrons. The van der Waals surface area contributed by atoms with Crippen LogP contribution in [-0.2, 0) is 12.8 Å². The van der Waals surface area contributed by atoms with Gasteiger partial charge in [0, 0.05) is 29.8 Å². The van der Waals surface area contributed by atoms with Crippen LogP contribution in [0.15, 0.2) is 11.4 Å². The third-order valence-electron chi connectivity index (χ3n) is 4.18. The van der Waals surface area contributed by atoms with Crippen LogP contribution in [0.5, 0.6) is 0 Å².